The summed E-state index contributed by atoms with van der Waals surface area (Å²) in [6.07, 6.45) is 6.45. The van der Waals surface area contributed by atoms with Gasteiger partial charge in [0.15, 0.2) is 0 Å². The van der Waals surface area contributed by atoms with Crippen LogP contribution in [0.3, 0.4) is 0 Å². The van der Waals surface area contributed by atoms with Crippen molar-refractivity contribution in [2.24, 2.45) is 0 Å². The first-order chi connectivity index (χ1) is 16.4. The molecule has 11 heteroatoms. The van der Waals surface area contributed by atoms with Gasteiger partial charge in [0, 0.05) is 22.0 Å². The van der Waals surface area contributed by atoms with E-state index in [1.165, 1.54) is 36.1 Å². The minimum atomic E-state index is -4.00. The van der Waals surface area contributed by atoms with Gasteiger partial charge in [-0.1, -0.05) is 44.7 Å². The highest BCUT2D eigenvalue weighted by Crippen LogP contribution is 2.33. The fourth-order valence-corrected chi connectivity index (χ4v) is 5.70. The molecule has 8 nitrogen and oxygen atoms in total. The largest absolute Gasteiger partial charge is 0.495 e. The van der Waals surface area contributed by atoms with Crippen molar-refractivity contribution in [3.8, 4) is 5.75 Å². The summed E-state index contributed by atoms with van der Waals surface area (Å²) in [5.74, 6) is -0.233. The van der Waals surface area contributed by atoms with Gasteiger partial charge < -0.3 is 15.0 Å². The van der Waals surface area contributed by atoms with Crippen LogP contribution in [0.4, 0.5) is 11.4 Å². The van der Waals surface area contributed by atoms with Crippen molar-refractivity contribution in [2.75, 3.05) is 28.6 Å². The zero-order valence-electron chi connectivity index (χ0n) is 18.6. The monoisotopic (exact) mass is 612 g/mol. The maximum Gasteiger partial charge on any atom is 0.273 e. The number of H-pyrrole nitrogens is 1. The third-order valence-electron chi connectivity index (χ3n) is 5.09. The molecule has 34 heavy (non-hydrogen) atoms. The number of carbonyl (C=O) groups is 1. The number of aromatic nitrogens is 2. The van der Waals surface area contributed by atoms with Crippen molar-refractivity contribution >= 4 is 59.2 Å². The highest BCUT2D eigenvalue weighted by Gasteiger charge is 2.29. The number of benzene rings is 2. The summed E-state index contributed by atoms with van der Waals surface area (Å²) in [5, 5.41) is 3.63. The Balaban J connectivity index is 1.94. The summed E-state index contributed by atoms with van der Waals surface area (Å²) in [5.41, 5.74) is 1.14. The van der Waals surface area contributed by atoms with E-state index in [9.17, 15) is 13.2 Å². The minimum Gasteiger partial charge on any atom is -0.495 e. The molecule has 0 bridgehead atoms. The number of nitrogens with zero attached hydrogens (tertiary/aromatic N) is 2. The van der Waals surface area contributed by atoms with Crippen LogP contribution in [0.15, 0.2) is 64.4 Å². The van der Waals surface area contributed by atoms with E-state index in [4.69, 9.17) is 4.74 Å². The molecule has 1 heterocycles. The maximum atomic E-state index is 13.9. The lowest BCUT2D eigenvalue weighted by molar-refractivity contribution is 0.102. The molecule has 0 atom stereocenters. The Bertz CT molecular complexity index is 1190. The van der Waals surface area contributed by atoms with Gasteiger partial charge in [-0.3, -0.25) is 9.10 Å². The standard InChI is InChI=1S/C23H26Br2N4O4S/c1-33-21-11-8-18(28-23(30)20-15-26-16-27-20)14-22(21)34(31,32)29(13-5-3-2-4-12-24)19-9-6-17(25)7-10-19/h6-11,14-16H,2-5,12-13H2,1H3,(H,26,27)(H,28,30). The zero-order valence-corrected chi connectivity index (χ0v) is 22.6. The van der Waals surface area contributed by atoms with Crippen molar-refractivity contribution in [1.29, 1.82) is 0 Å². The van der Waals surface area contributed by atoms with Crippen LogP contribution < -0.4 is 14.4 Å². The quantitative estimate of drug-likeness (QED) is 0.205. The maximum absolute atomic E-state index is 13.9. The number of sulfonamides is 1. The summed E-state index contributed by atoms with van der Waals surface area (Å²) in [4.78, 5) is 19.0. The fraction of sp³-hybridized carbons (Fsp3) is 0.304. The van der Waals surface area contributed by atoms with E-state index >= 15 is 0 Å². The topological polar surface area (TPSA) is 104 Å². The molecule has 0 radical (unpaired) electrons. The number of nitrogens with one attached hydrogen (secondary N) is 2. The Morgan fingerprint density at radius 1 is 1.12 bits per heavy atom. The van der Waals surface area contributed by atoms with Crippen LogP contribution in [-0.2, 0) is 10.0 Å². The van der Waals surface area contributed by atoms with Gasteiger partial charge in [0.05, 0.1) is 25.3 Å². The third kappa shape index (κ3) is 6.61. The SMILES string of the molecule is COc1ccc(NC(=O)c2cnc[nH]2)cc1S(=O)(=O)N(CCCCCCBr)c1ccc(Br)cc1. The number of hydrogen-bond acceptors (Lipinski definition) is 5. The normalized spacial score (nSPS) is 11.3. The number of methoxy groups -OCH3 is 1. The molecule has 2 aromatic carbocycles. The van der Waals surface area contributed by atoms with Crippen molar-refractivity contribution in [1.82, 2.24) is 9.97 Å². The molecule has 1 aromatic heterocycles. The van der Waals surface area contributed by atoms with E-state index in [-0.39, 0.29) is 16.3 Å². The number of hydrogen-bond donors (Lipinski definition) is 2. The molecule has 0 saturated heterocycles. The lowest BCUT2D eigenvalue weighted by Gasteiger charge is -2.26. The number of halogens is 2. The smallest absolute Gasteiger partial charge is 0.273 e. The predicted octanol–water partition coefficient (Wildman–Crippen LogP) is 5.58. The second-order valence-corrected chi connectivity index (χ2v) is 11.0. The average molecular weight is 614 g/mol. The molecular formula is C23H26Br2N4O4S. The van der Waals surface area contributed by atoms with E-state index in [2.05, 4.69) is 47.1 Å². The molecule has 3 rings (SSSR count). The first-order valence-corrected chi connectivity index (χ1v) is 14.0. The molecule has 0 spiro atoms. The first kappa shape index (κ1) is 26.2. The third-order valence-corrected chi connectivity index (χ3v) is 8.03. The number of unbranched alkanes of at least 4 members (excludes halogenated alkanes) is 3. The fourth-order valence-electron chi connectivity index (χ4n) is 3.35. The number of ether oxygens (including phenoxy) is 1. The van der Waals surface area contributed by atoms with Crippen LogP contribution in [0, 0.1) is 0 Å². The number of imidazole rings is 1. The van der Waals surface area contributed by atoms with Gasteiger partial charge in [0.1, 0.15) is 16.3 Å². The minimum absolute atomic E-state index is 0.0270. The lowest BCUT2D eigenvalue weighted by atomic mass is 10.2. The summed E-state index contributed by atoms with van der Waals surface area (Å²) in [6, 6.07) is 11.7. The van der Waals surface area contributed by atoms with Gasteiger partial charge in [-0.15, -0.1) is 0 Å². The number of rotatable bonds is 12. The van der Waals surface area contributed by atoms with Gasteiger partial charge >= 0.3 is 0 Å². The lowest BCUT2D eigenvalue weighted by Crippen LogP contribution is -2.32. The Hall–Kier alpha value is -2.37. The van der Waals surface area contributed by atoms with Gasteiger partial charge in [-0.2, -0.15) is 0 Å². The van der Waals surface area contributed by atoms with Crippen molar-refractivity contribution in [3.05, 3.63) is 65.2 Å². The Labute approximate surface area is 216 Å². The van der Waals surface area contributed by atoms with Crippen LogP contribution in [0.1, 0.15) is 36.2 Å². The van der Waals surface area contributed by atoms with E-state index < -0.39 is 15.9 Å². The molecule has 0 fully saturated rings. The zero-order chi connectivity index (χ0) is 24.6. The molecule has 0 aliphatic rings. The van der Waals surface area contributed by atoms with Crippen LogP contribution in [-0.4, -0.2) is 43.3 Å². The molecule has 3 aromatic rings. The number of anilines is 2. The molecule has 0 saturated carbocycles. The molecular weight excluding hydrogens is 588 g/mol. The summed E-state index contributed by atoms with van der Waals surface area (Å²) in [6.45, 7) is 0.320. The van der Waals surface area contributed by atoms with Crippen LogP contribution in [0.2, 0.25) is 0 Å². The second-order valence-electron chi connectivity index (χ2n) is 7.44. The van der Waals surface area contributed by atoms with Gasteiger partial charge in [-0.05, 0) is 55.3 Å². The predicted molar refractivity (Wildman–Crippen MR) is 140 cm³/mol. The summed E-state index contributed by atoms with van der Waals surface area (Å²) in [7, 11) is -2.58. The van der Waals surface area contributed by atoms with E-state index in [1.54, 1.807) is 30.3 Å². The van der Waals surface area contributed by atoms with Gasteiger partial charge in [-0.25, -0.2) is 13.4 Å². The van der Waals surface area contributed by atoms with Gasteiger partial charge in [0.25, 0.3) is 15.9 Å². The number of aromatic amines is 1. The molecule has 1 amide bonds. The number of carbonyl (C=O) groups excluding carboxylic acids is 1. The van der Waals surface area contributed by atoms with E-state index in [0.717, 1.165) is 29.1 Å². The summed E-state index contributed by atoms with van der Waals surface area (Å²) >= 11 is 6.83. The Morgan fingerprint density at radius 3 is 2.50 bits per heavy atom. The van der Waals surface area contributed by atoms with Crippen LogP contribution in [0.5, 0.6) is 5.75 Å². The molecule has 2 N–H and O–H groups in total. The number of alkyl halides is 1. The number of amides is 1. The van der Waals surface area contributed by atoms with Crippen molar-refractivity contribution in [3.63, 3.8) is 0 Å². The molecule has 182 valence electrons. The molecule has 0 aliphatic heterocycles. The van der Waals surface area contributed by atoms with Crippen molar-refractivity contribution in [2.45, 2.75) is 30.6 Å². The van der Waals surface area contributed by atoms with Crippen LogP contribution in [0.25, 0.3) is 0 Å². The highest BCUT2D eigenvalue weighted by molar-refractivity contribution is 9.10. The van der Waals surface area contributed by atoms with Crippen molar-refractivity contribution < 1.29 is 17.9 Å². The summed E-state index contributed by atoms with van der Waals surface area (Å²) < 4.78 is 35.4. The average Bonchev–Trinajstić information content (AvgIpc) is 3.37. The highest BCUT2D eigenvalue weighted by atomic mass is 79.9. The first-order valence-electron chi connectivity index (χ1n) is 10.7. The Kier molecular flexibility index (Phi) is 9.54. The Morgan fingerprint density at radius 2 is 1.85 bits per heavy atom. The molecule has 0 aliphatic carbocycles. The molecule has 0 unspecified atom stereocenters. The van der Waals surface area contributed by atoms with Gasteiger partial charge in [0.2, 0.25) is 0 Å². The van der Waals surface area contributed by atoms with Crippen LogP contribution >= 0.6 is 31.9 Å². The van der Waals surface area contributed by atoms with E-state index in [1.807, 2.05) is 0 Å². The van der Waals surface area contributed by atoms with E-state index in [0.29, 0.717) is 24.3 Å². The second kappa shape index (κ2) is 12.4.